The van der Waals surface area contributed by atoms with Crippen molar-refractivity contribution in [2.24, 2.45) is 0 Å². The SMILES string of the molecule is COc1cccc(NC(=O)c2oc3ccc(Cl)cc3c2C)c1. The number of nitrogens with one attached hydrogen (secondary N) is 1. The Kier molecular flexibility index (Phi) is 3.77. The van der Waals surface area contributed by atoms with Crippen molar-refractivity contribution in [1.82, 2.24) is 0 Å². The molecule has 22 heavy (non-hydrogen) atoms. The standard InChI is InChI=1S/C17H14ClNO3/c1-10-14-8-11(18)6-7-15(14)22-16(10)17(20)19-12-4-3-5-13(9-12)21-2/h3-9H,1-2H3,(H,19,20). The molecule has 0 bridgehead atoms. The molecule has 0 aliphatic heterocycles. The number of ether oxygens (including phenoxy) is 1. The Morgan fingerprint density at radius 3 is 2.82 bits per heavy atom. The topological polar surface area (TPSA) is 51.5 Å². The average molecular weight is 316 g/mol. The van der Waals surface area contributed by atoms with E-state index in [0.29, 0.717) is 22.0 Å². The van der Waals surface area contributed by atoms with Crippen molar-refractivity contribution in [3.63, 3.8) is 0 Å². The molecule has 1 heterocycles. The maximum atomic E-state index is 12.4. The van der Waals surface area contributed by atoms with E-state index >= 15 is 0 Å². The fourth-order valence-corrected chi connectivity index (χ4v) is 2.47. The van der Waals surface area contributed by atoms with Crippen LogP contribution in [-0.4, -0.2) is 13.0 Å². The van der Waals surface area contributed by atoms with Crippen molar-refractivity contribution in [2.45, 2.75) is 6.92 Å². The quantitative estimate of drug-likeness (QED) is 0.765. The van der Waals surface area contributed by atoms with Crippen LogP contribution in [-0.2, 0) is 0 Å². The number of halogens is 1. The molecule has 0 aliphatic rings. The number of carbonyl (C=O) groups excluding carboxylic acids is 1. The molecule has 1 aromatic heterocycles. The van der Waals surface area contributed by atoms with Crippen molar-refractivity contribution in [1.29, 1.82) is 0 Å². The van der Waals surface area contributed by atoms with Gasteiger partial charge in [-0.15, -0.1) is 0 Å². The van der Waals surface area contributed by atoms with Crippen molar-refractivity contribution < 1.29 is 13.9 Å². The highest BCUT2D eigenvalue weighted by atomic mass is 35.5. The zero-order valence-electron chi connectivity index (χ0n) is 12.1. The average Bonchev–Trinajstić information content (AvgIpc) is 2.84. The third-order valence-corrected chi connectivity index (χ3v) is 3.67. The van der Waals surface area contributed by atoms with Crippen LogP contribution in [0.5, 0.6) is 5.75 Å². The Balaban J connectivity index is 1.93. The zero-order chi connectivity index (χ0) is 15.7. The molecule has 112 valence electrons. The van der Waals surface area contributed by atoms with E-state index < -0.39 is 0 Å². The van der Waals surface area contributed by atoms with E-state index in [1.807, 2.05) is 13.0 Å². The first-order valence-corrected chi connectivity index (χ1v) is 7.10. The molecular formula is C17H14ClNO3. The maximum absolute atomic E-state index is 12.4. The summed E-state index contributed by atoms with van der Waals surface area (Å²) in [5.41, 5.74) is 2.04. The lowest BCUT2D eigenvalue weighted by Crippen LogP contribution is -2.12. The van der Waals surface area contributed by atoms with Gasteiger partial charge in [0.1, 0.15) is 11.3 Å². The van der Waals surface area contributed by atoms with Gasteiger partial charge in [-0.2, -0.15) is 0 Å². The maximum Gasteiger partial charge on any atom is 0.291 e. The number of aryl methyl sites for hydroxylation is 1. The van der Waals surface area contributed by atoms with Gasteiger partial charge in [-0.05, 0) is 37.3 Å². The third kappa shape index (κ3) is 2.65. The minimum absolute atomic E-state index is 0.278. The smallest absolute Gasteiger partial charge is 0.291 e. The summed E-state index contributed by atoms with van der Waals surface area (Å²) < 4.78 is 10.8. The molecule has 0 unspecified atom stereocenters. The monoisotopic (exact) mass is 315 g/mol. The van der Waals surface area contributed by atoms with Gasteiger partial charge in [0.05, 0.1) is 7.11 Å². The van der Waals surface area contributed by atoms with E-state index in [1.165, 1.54) is 0 Å². The number of amides is 1. The highest BCUT2D eigenvalue weighted by molar-refractivity contribution is 6.31. The van der Waals surface area contributed by atoms with Gasteiger partial charge in [0.15, 0.2) is 5.76 Å². The number of rotatable bonds is 3. The van der Waals surface area contributed by atoms with E-state index in [0.717, 1.165) is 10.9 Å². The van der Waals surface area contributed by atoms with E-state index in [1.54, 1.807) is 43.5 Å². The highest BCUT2D eigenvalue weighted by Crippen LogP contribution is 2.28. The second kappa shape index (κ2) is 5.73. The Morgan fingerprint density at radius 2 is 2.05 bits per heavy atom. The Bertz CT molecular complexity index is 854. The molecule has 0 spiro atoms. The molecule has 4 nitrogen and oxygen atoms in total. The predicted octanol–water partition coefficient (Wildman–Crippen LogP) is 4.66. The van der Waals surface area contributed by atoms with E-state index in [-0.39, 0.29) is 11.7 Å². The summed E-state index contributed by atoms with van der Waals surface area (Å²) >= 11 is 5.99. The molecule has 0 saturated heterocycles. The fraction of sp³-hybridized carbons (Fsp3) is 0.118. The summed E-state index contributed by atoms with van der Waals surface area (Å²) in [6, 6.07) is 12.4. The minimum Gasteiger partial charge on any atom is -0.497 e. The van der Waals surface area contributed by atoms with Gasteiger partial charge >= 0.3 is 0 Å². The number of hydrogen-bond acceptors (Lipinski definition) is 3. The van der Waals surface area contributed by atoms with Gasteiger partial charge in [-0.25, -0.2) is 0 Å². The van der Waals surface area contributed by atoms with Crippen LogP contribution in [0.1, 0.15) is 16.1 Å². The van der Waals surface area contributed by atoms with Crippen LogP contribution in [0.4, 0.5) is 5.69 Å². The lowest BCUT2D eigenvalue weighted by molar-refractivity contribution is 0.0998. The summed E-state index contributed by atoms with van der Waals surface area (Å²) in [6.45, 7) is 1.84. The minimum atomic E-state index is -0.307. The molecule has 1 N–H and O–H groups in total. The van der Waals surface area contributed by atoms with Crippen molar-refractivity contribution in [3.05, 3.63) is 58.8 Å². The summed E-state index contributed by atoms with van der Waals surface area (Å²) in [6.07, 6.45) is 0. The first kappa shape index (κ1) is 14.5. The van der Waals surface area contributed by atoms with Crippen LogP contribution >= 0.6 is 11.6 Å². The van der Waals surface area contributed by atoms with Crippen molar-refractivity contribution in [2.75, 3.05) is 12.4 Å². The first-order valence-electron chi connectivity index (χ1n) is 6.72. The fourth-order valence-electron chi connectivity index (χ4n) is 2.30. The molecule has 0 fully saturated rings. The van der Waals surface area contributed by atoms with Gasteiger partial charge in [-0.3, -0.25) is 4.79 Å². The molecule has 1 amide bonds. The summed E-state index contributed by atoms with van der Waals surface area (Å²) in [5, 5.41) is 4.25. The van der Waals surface area contributed by atoms with Gasteiger partial charge < -0.3 is 14.5 Å². The van der Waals surface area contributed by atoms with Gasteiger partial charge in [-0.1, -0.05) is 17.7 Å². The van der Waals surface area contributed by atoms with Gasteiger partial charge in [0.2, 0.25) is 0 Å². The van der Waals surface area contributed by atoms with Crippen molar-refractivity contribution in [3.8, 4) is 5.75 Å². The number of carbonyl (C=O) groups is 1. The zero-order valence-corrected chi connectivity index (χ0v) is 12.9. The largest absolute Gasteiger partial charge is 0.497 e. The lowest BCUT2D eigenvalue weighted by atomic mass is 10.1. The number of fused-ring (bicyclic) bond motifs is 1. The highest BCUT2D eigenvalue weighted by Gasteiger charge is 2.18. The van der Waals surface area contributed by atoms with Gasteiger partial charge in [0, 0.05) is 27.7 Å². The Morgan fingerprint density at radius 1 is 1.23 bits per heavy atom. The normalized spacial score (nSPS) is 10.7. The van der Waals surface area contributed by atoms with Crippen LogP contribution in [0.3, 0.4) is 0 Å². The molecule has 0 saturated carbocycles. The second-order valence-electron chi connectivity index (χ2n) is 4.88. The predicted molar refractivity (Wildman–Crippen MR) is 86.9 cm³/mol. The molecule has 0 atom stereocenters. The Labute approximate surface area is 132 Å². The van der Waals surface area contributed by atoms with Crippen LogP contribution in [0.25, 0.3) is 11.0 Å². The van der Waals surface area contributed by atoms with Gasteiger partial charge in [0.25, 0.3) is 5.91 Å². The number of hydrogen-bond donors (Lipinski definition) is 1. The second-order valence-corrected chi connectivity index (χ2v) is 5.32. The molecular weight excluding hydrogens is 302 g/mol. The van der Waals surface area contributed by atoms with E-state index in [9.17, 15) is 4.79 Å². The first-order chi connectivity index (χ1) is 10.6. The summed E-state index contributed by atoms with van der Waals surface area (Å²) in [4.78, 5) is 12.4. The van der Waals surface area contributed by atoms with Crippen LogP contribution in [0.2, 0.25) is 5.02 Å². The van der Waals surface area contributed by atoms with Crippen LogP contribution in [0.15, 0.2) is 46.9 Å². The number of furan rings is 1. The number of benzene rings is 2. The van der Waals surface area contributed by atoms with E-state index in [2.05, 4.69) is 5.32 Å². The van der Waals surface area contributed by atoms with Crippen molar-refractivity contribution >= 4 is 34.2 Å². The third-order valence-electron chi connectivity index (χ3n) is 3.43. The molecule has 3 aromatic rings. The summed E-state index contributed by atoms with van der Waals surface area (Å²) in [5.74, 6) is 0.643. The summed E-state index contributed by atoms with van der Waals surface area (Å²) in [7, 11) is 1.58. The number of anilines is 1. The molecule has 3 rings (SSSR count). The van der Waals surface area contributed by atoms with Crippen LogP contribution in [0, 0.1) is 6.92 Å². The molecule has 5 heteroatoms. The number of methoxy groups -OCH3 is 1. The lowest BCUT2D eigenvalue weighted by Gasteiger charge is -2.05. The van der Waals surface area contributed by atoms with E-state index in [4.69, 9.17) is 20.8 Å². The molecule has 0 aliphatic carbocycles. The van der Waals surface area contributed by atoms with Crippen LogP contribution < -0.4 is 10.1 Å². The molecule has 0 radical (unpaired) electrons. The molecule has 2 aromatic carbocycles. The Hall–Kier alpha value is -2.46.